The second-order valence-electron chi connectivity index (χ2n) is 9.08. The normalized spacial score (nSPS) is 20.2. The number of sulfonamides is 1. The van der Waals surface area contributed by atoms with Gasteiger partial charge in [-0.05, 0) is 43.6 Å². The van der Waals surface area contributed by atoms with Gasteiger partial charge in [0, 0.05) is 26.2 Å². The van der Waals surface area contributed by atoms with Crippen LogP contribution in [0.1, 0.15) is 31.2 Å². The summed E-state index contributed by atoms with van der Waals surface area (Å²) in [5.41, 5.74) is 8.60. The number of carbonyl (C=O) groups is 2. The van der Waals surface area contributed by atoms with Gasteiger partial charge < -0.3 is 15.5 Å². The summed E-state index contributed by atoms with van der Waals surface area (Å²) in [6.45, 7) is 1.90. The molecule has 0 unspecified atom stereocenters. The summed E-state index contributed by atoms with van der Waals surface area (Å²) in [4.78, 5) is 29.1. The number of carbonyl (C=O) groups excluding carboxylic acids is 2. The van der Waals surface area contributed by atoms with Gasteiger partial charge in [0.2, 0.25) is 21.8 Å². The summed E-state index contributed by atoms with van der Waals surface area (Å²) < 4.78 is 27.3. The highest BCUT2D eigenvalue weighted by atomic mass is 32.2. The Morgan fingerprint density at radius 2 is 1.94 bits per heavy atom. The number of nitrogens with two attached hydrogens (primary N) is 1. The molecule has 0 aliphatic carbocycles. The van der Waals surface area contributed by atoms with E-state index in [2.05, 4.69) is 10.5 Å². The minimum absolute atomic E-state index is 0.0508. The van der Waals surface area contributed by atoms with Crippen molar-refractivity contribution >= 4 is 28.2 Å². The van der Waals surface area contributed by atoms with Gasteiger partial charge >= 0.3 is 0 Å². The molecule has 2 aliphatic heterocycles. The third kappa shape index (κ3) is 7.16. The molecular weight excluding hydrogens is 470 g/mol. The van der Waals surface area contributed by atoms with Crippen LogP contribution in [0.5, 0.6) is 0 Å². The minimum atomic E-state index is -3.74. The molecule has 2 atom stereocenters. The predicted molar refractivity (Wildman–Crippen MR) is 131 cm³/mol. The van der Waals surface area contributed by atoms with Crippen LogP contribution in [0.15, 0.2) is 35.4 Å². The Morgan fingerprint density at radius 3 is 2.54 bits per heavy atom. The number of piperidine rings is 1. The number of amides is 2. The summed E-state index contributed by atoms with van der Waals surface area (Å²) in [5, 5.41) is 12.3. The van der Waals surface area contributed by atoms with E-state index in [-0.39, 0.29) is 24.8 Å². The number of likely N-dealkylation sites (tertiary alicyclic amines) is 2. The number of nitrogens with one attached hydrogen (secondary N) is 1. The number of nitrogens with zero attached hydrogens (tertiary/aromatic N) is 5. The largest absolute Gasteiger partial charge is 0.368 e. The zero-order chi connectivity index (χ0) is 25.4. The van der Waals surface area contributed by atoms with Crippen LogP contribution < -0.4 is 11.2 Å². The van der Waals surface area contributed by atoms with Gasteiger partial charge in [0.25, 0.3) is 0 Å². The molecule has 0 saturated carbocycles. The zero-order valence-corrected chi connectivity index (χ0v) is 20.7. The van der Waals surface area contributed by atoms with Gasteiger partial charge in [-0.3, -0.25) is 9.59 Å². The Labute approximate surface area is 206 Å². The van der Waals surface area contributed by atoms with Crippen LogP contribution in [-0.4, -0.2) is 85.2 Å². The van der Waals surface area contributed by atoms with E-state index in [4.69, 9.17) is 11.0 Å². The summed E-state index contributed by atoms with van der Waals surface area (Å²) in [6, 6.07) is 7.61. The molecular formula is C23H33N7O4S. The summed E-state index contributed by atoms with van der Waals surface area (Å²) in [5.74, 6) is -0.900. The quantitative estimate of drug-likeness (QED) is 0.151. The lowest BCUT2D eigenvalue weighted by atomic mass is 9.96. The molecule has 3 N–H and O–H groups in total. The molecule has 1 aromatic carbocycles. The van der Waals surface area contributed by atoms with Crippen LogP contribution >= 0.6 is 0 Å². The summed E-state index contributed by atoms with van der Waals surface area (Å²) in [6.07, 6.45) is 7.18. The fourth-order valence-electron chi connectivity index (χ4n) is 4.81. The molecule has 0 aromatic heterocycles. The van der Waals surface area contributed by atoms with E-state index in [0.29, 0.717) is 45.3 Å². The van der Waals surface area contributed by atoms with E-state index in [1.165, 1.54) is 9.21 Å². The maximum Gasteiger partial charge on any atom is 0.242 e. The number of nitriles is 1. The van der Waals surface area contributed by atoms with E-state index >= 15 is 0 Å². The first-order valence-corrected chi connectivity index (χ1v) is 13.6. The van der Waals surface area contributed by atoms with Crippen LogP contribution in [0.2, 0.25) is 0 Å². The van der Waals surface area contributed by atoms with Crippen molar-refractivity contribution in [2.24, 2.45) is 16.8 Å². The molecule has 2 fully saturated rings. The van der Waals surface area contributed by atoms with Crippen molar-refractivity contribution in [3.63, 3.8) is 0 Å². The standard InChI is InChI=1S/C23H33N7O4S/c1-35(33,34)30(15-19-9-12-28(13-10-19)17-27-26-16-24)21(14-18-6-3-2-4-7-18)23(32)29-11-5-8-20(29)22(25)31/h2-4,6-7,17,19-21,26H,5,8-15H2,1H3,(H2,25,31)/t20-,21+/m0/s1. The highest BCUT2D eigenvalue weighted by molar-refractivity contribution is 7.88. The Kier molecular flexibility index (Phi) is 9.06. The molecule has 35 heavy (non-hydrogen) atoms. The average molecular weight is 504 g/mol. The van der Waals surface area contributed by atoms with Crippen molar-refractivity contribution < 1.29 is 18.0 Å². The topological polar surface area (TPSA) is 152 Å². The van der Waals surface area contributed by atoms with E-state index in [0.717, 1.165) is 11.8 Å². The summed E-state index contributed by atoms with van der Waals surface area (Å²) in [7, 11) is -3.74. The molecule has 2 saturated heterocycles. The van der Waals surface area contributed by atoms with Gasteiger partial charge in [-0.25, -0.2) is 13.8 Å². The average Bonchev–Trinajstić information content (AvgIpc) is 3.32. The minimum Gasteiger partial charge on any atom is -0.368 e. The van der Waals surface area contributed by atoms with Gasteiger partial charge in [0.15, 0.2) is 6.19 Å². The van der Waals surface area contributed by atoms with Gasteiger partial charge in [-0.15, -0.1) is 0 Å². The van der Waals surface area contributed by atoms with E-state index in [1.54, 1.807) is 12.5 Å². The van der Waals surface area contributed by atoms with Gasteiger partial charge in [0.05, 0.1) is 6.26 Å². The number of hydrogen-bond acceptors (Lipinski definition) is 7. The van der Waals surface area contributed by atoms with Crippen molar-refractivity contribution in [3.05, 3.63) is 35.9 Å². The second-order valence-corrected chi connectivity index (χ2v) is 11.0. The monoisotopic (exact) mass is 503 g/mol. The first-order chi connectivity index (χ1) is 16.7. The second kappa shape index (κ2) is 12.0. The fraction of sp³-hybridized carbons (Fsp3) is 0.565. The molecule has 0 bridgehead atoms. The van der Waals surface area contributed by atoms with Crippen LogP contribution in [0.4, 0.5) is 0 Å². The lowest BCUT2D eigenvalue weighted by molar-refractivity contribution is -0.140. The van der Waals surface area contributed by atoms with E-state index in [1.807, 2.05) is 35.2 Å². The number of hydrogen-bond donors (Lipinski definition) is 2. The fourth-order valence-corrected chi connectivity index (χ4v) is 5.91. The molecule has 0 spiro atoms. The number of benzene rings is 1. The lowest BCUT2D eigenvalue weighted by Gasteiger charge is -2.37. The van der Waals surface area contributed by atoms with Crippen molar-refractivity contribution in [2.45, 2.75) is 44.2 Å². The molecule has 3 rings (SSSR count). The number of hydrazone groups is 1. The highest BCUT2D eigenvalue weighted by Gasteiger charge is 2.41. The van der Waals surface area contributed by atoms with Gasteiger partial charge in [-0.2, -0.15) is 14.7 Å². The third-order valence-electron chi connectivity index (χ3n) is 6.62. The Bertz CT molecular complexity index is 1050. The smallest absolute Gasteiger partial charge is 0.242 e. The maximum atomic E-state index is 13.7. The Hall–Kier alpha value is -3.17. The third-order valence-corrected chi connectivity index (χ3v) is 7.87. The van der Waals surface area contributed by atoms with Crippen molar-refractivity contribution in [2.75, 3.05) is 32.4 Å². The molecule has 0 radical (unpaired) electrons. The molecule has 2 amide bonds. The molecule has 2 heterocycles. The van der Waals surface area contributed by atoms with E-state index in [9.17, 15) is 18.0 Å². The van der Waals surface area contributed by atoms with Crippen LogP contribution in [0.3, 0.4) is 0 Å². The lowest BCUT2D eigenvalue weighted by Crippen LogP contribution is -2.56. The van der Waals surface area contributed by atoms with Crippen molar-refractivity contribution in [3.8, 4) is 6.19 Å². The van der Waals surface area contributed by atoms with Crippen molar-refractivity contribution in [1.29, 1.82) is 5.26 Å². The highest BCUT2D eigenvalue weighted by Crippen LogP contribution is 2.25. The zero-order valence-electron chi connectivity index (χ0n) is 19.9. The first-order valence-electron chi connectivity index (χ1n) is 11.7. The van der Waals surface area contributed by atoms with E-state index < -0.39 is 28.0 Å². The van der Waals surface area contributed by atoms with Gasteiger partial charge in [0.1, 0.15) is 18.4 Å². The molecule has 190 valence electrons. The van der Waals surface area contributed by atoms with Crippen LogP contribution in [0, 0.1) is 17.4 Å². The Morgan fingerprint density at radius 1 is 1.26 bits per heavy atom. The summed E-state index contributed by atoms with van der Waals surface area (Å²) >= 11 is 0. The van der Waals surface area contributed by atoms with Crippen LogP contribution in [-0.2, 0) is 26.0 Å². The first kappa shape index (κ1) is 26.4. The predicted octanol–water partition coefficient (Wildman–Crippen LogP) is 0.0616. The van der Waals surface area contributed by atoms with Gasteiger partial charge in [-0.1, -0.05) is 30.3 Å². The molecule has 12 heteroatoms. The molecule has 1 aromatic rings. The molecule has 2 aliphatic rings. The van der Waals surface area contributed by atoms with Crippen LogP contribution in [0.25, 0.3) is 0 Å². The SMILES string of the molecule is CS(=O)(=O)N(CC1CCN(C=NNC#N)CC1)[C@H](Cc1ccccc1)C(=O)N1CCC[C@H]1C(N)=O. The maximum absolute atomic E-state index is 13.7. The Balaban J connectivity index is 1.83. The molecule has 11 nitrogen and oxygen atoms in total. The number of rotatable bonds is 10. The number of primary amides is 1. The van der Waals surface area contributed by atoms with Crippen molar-refractivity contribution in [1.82, 2.24) is 19.5 Å².